The molecule has 2 amide bonds. The largest absolute Gasteiger partial charge is 0.387 e. The maximum Gasteiger partial charge on any atom is 0.254 e. The number of nitrogens with one attached hydrogen (secondary N) is 1. The molecule has 2 unspecified atom stereocenters. The predicted molar refractivity (Wildman–Crippen MR) is 118 cm³/mol. The number of hydrogen-bond donors (Lipinski definition) is 4. The molecule has 0 spiro atoms. The first-order valence-corrected chi connectivity index (χ1v) is 10.2. The molecule has 4 rings (SSSR count). The monoisotopic (exact) mass is 466 g/mol. The number of pyridine rings is 1. The highest BCUT2D eigenvalue weighted by atomic mass is 16.6. The fourth-order valence-corrected chi connectivity index (χ4v) is 3.45. The Kier molecular flexibility index (Phi) is 6.37. The van der Waals surface area contributed by atoms with Gasteiger partial charge in [-0.3, -0.25) is 19.1 Å². The molecule has 1 aliphatic heterocycles. The number of aliphatic hydroxyl groups excluding tert-OH is 2. The third-order valence-electron chi connectivity index (χ3n) is 5.26. The van der Waals surface area contributed by atoms with Crippen molar-refractivity contribution in [1.29, 1.82) is 0 Å². The number of ether oxygens (including phenoxy) is 1. The number of nitrogens with two attached hydrogens (primary N) is 1. The molecule has 0 saturated carbocycles. The number of aromatic nitrogens is 5. The third-order valence-corrected chi connectivity index (χ3v) is 5.26. The summed E-state index contributed by atoms with van der Waals surface area (Å²) in [6, 6.07) is 3.21. The van der Waals surface area contributed by atoms with Crippen LogP contribution in [0.4, 0.5) is 5.82 Å². The third kappa shape index (κ3) is 4.25. The lowest BCUT2D eigenvalue weighted by atomic mass is 10.1. The highest BCUT2D eigenvalue weighted by Crippen LogP contribution is 2.32. The van der Waals surface area contributed by atoms with Crippen molar-refractivity contribution in [3.63, 3.8) is 0 Å². The topological polar surface area (TPSA) is 182 Å². The van der Waals surface area contributed by atoms with E-state index >= 15 is 0 Å². The Balaban J connectivity index is 1.57. The summed E-state index contributed by atoms with van der Waals surface area (Å²) < 4.78 is 6.93. The Hall–Kier alpha value is -4.12. The normalized spacial score (nSPS) is 21.6. The second kappa shape index (κ2) is 9.40. The maximum atomic E-state index is 12.4. The number of hydrogen-bond acceptors (Lipinski definition) is 10. The van der Waals surface area contributed by atoms with E-state index in [1.54, 1.807) is 19.2 Å². The van der Waals surface area contributed by atoms with Crippen LogP contribution in [0.25, 0.3) is 11.2 Å². The van der Waals surface area contributed by atoms with Gasteiger partial charge >= 0.3 is 0 Å². The van der Waals surface area contributed by atoms with Crippen molar-refractivity contribution in [3.05, 3.63) is 42.2 Å². The van der Waals surface area contributed by atoms with E-state index < -0.39 is 30.4 Å². The number of likely N-dealkylation sites (N-methyl/N-ethyl adjacent to an activating group) is 1. The zero-order valence-corrected chi connectivity index (χ0v) is 18.3. The van der Waals surface area contributed by atoms with Crippen molar-refractivity contribution < 1.29 is 24.5 Å². The molecular weight excluding hydrogens is 444 g/mol. The number of imidazole rings is 1. The van der Waals surface area contributed by atoms with Gasteiger partial charge in [0, 0.05) is 32.1 Å². The Morgan fingerprint density at radius 1 is 1.26 bits per heavy atom. The smallest absolute Gasteiger partial charge is 0.254 e. The van der Waals surface area contributed by atoms with Gasteiger partial charge in [-0.15, -0.1) is 0 Å². The first kappa shape index (κ1) is 23.1. The molecular formula is C21H22N8O5. The summed E-state index contributed by atoms with van der Waals surface area (Å²) in [5.74, 6) is 4.90. The molecule has 3 aromatic heterocycles. The molecule has 0 aromatic carbocycles. The van der Waals surface area contributed by atoms with Gasteiger partial charge in [-0.2, -0.15) is 0 Å². The van der Waals surface area contributed by atoms with E-state index in [0.717, 1.165) is 0 Å². The number of carbonyl (C=O) groups is 2. The zero-order chi connectivity index (χ0) is 24.4. The van der Waals surface area contributed by atoms with Gasteiger partial charge in [0.1, 0.15) is 17.7 Å². The van der Waals surface area contributed by atoms with Gasteiger partial charge in [0.2, 0.25) is 5.82 Å². The summed E-state index contributed by atoms with van der Waals surface area (Å²) in [7, 11) is 3.00. The van der Waals surface area contributed by atoms with Gasteiger partial charge in [0.05, 0.1) is 12.9 Å². The van der Waals surface area contributed by atoms with Gasteiger partial charge in [0.15, 0.2) is 23.8 Å². The summed E-state index contributed by atoms with van der Waals surface area (Å²) in [5, 5.41) is 23.0. The number of fused-ring (bicyclic) bond motifs is 1. The molecule has 5 N–H and O–H groups in total. The van der Waals surface area contributed by atoms with Crippen molar-refractivity contribution in [2.24, 2.45) is 0 Å². The highest BCUT2D eigenvalue weighted by Gasteiger charge is 2.47. The number of aliphatic hydroxyl groups is 2. The molecule has 1 aliphatic rings. The molecule has 4 heterocycles. The summed E-state index contributed by atoms with van der Waals surface area (Å²) >= 11 is 0. The molecule has 1 fully saturated rings. The van der Waals surface area contributed by atoms with Crippen LogP contribution in [0.2, 0.25) is 0 Å². The lowest BCUT2D eigenvalue weighted by Crippen LogP contribution is -2.41. The summed E-state index contributed by atoms with van der Waals surface area (Å²) in [4.78, 5) is 42.3. The summed E-state index contributed by atoms with van der Waals surface area (Å²) in [6.07, 6.45) is -0.893. The minimum absolute atomic E-state index is 0.0464. The van der Waals surface area contributed by atoms with Gasteiger partial charge < -0.3 is 30.9 Å². The van der Waals surface area contributed by atoms with E-state index in [1.807, 2.05) is 0 Å². The van der Waals surface area contributed by atoms with Crippen LogP contribution in [0.5, 0.6) is 0 Å². The highest BCUT2D eigenvalue weighted by molar-refractivity contribution is 5.94. The maximum absolute atomic E-state index is 12.4. The fourth-order valence-electron chi connectivity index (χ4n) is 3.45. The van der Waals surface area contributed by atoms with Gasteiger partial charge in [0.25, 0.3) is 11.8 Å². The number of amides is 2. The second-order valence-electron chi connectivity index (χ2n) is 7.50. The lowest BCUT2D eigenvalue weighted by molar-refractivity contribution is -0.137. The van der Waals surface area contributed by atoms with E-state index in [1.165, 1.54) is 35.2 Å². The van der Waals surface area contributed by atoms with Crippen molar-refractivity contribution in [2.75, 3.05) is 26.4 Å². The Morgan fingerprint density at radius 3 is 2.71 bits per heavy atom. The number of carbonyl (C=O) groups excluding carboxylic acids is 2. The fraction of sp³-hybridized carbons (Fsp3) is 0.333. The Morgan fingerprint density at radius 2 is 2.00 bits per heavy atom. The van der Waals surface area contributed by atoms with Crippen LogP contribution < -0.4 is 11.1 Å². The average Bonchev–Trinajstić information content (AvgIpc) is 3.39. The zero-order valence-electron chi connectivity index (χ0n) is 18.3. The van der Waals surface area contributed by atoms with Crippen molar-refractivity contribution >= 4 is 28.8 Å². The molecule has 0 bridgehead atoms. The van der Waals surface area contributed by atoms with Crippen LogP contribution in [0.15, 0.2) is 30.9 Å². The van der Waals surface area contributed by atoms with Crippen molar-refractivity contribution in [3.8, 4) is 11.8 Å². The number of rotatable bonds is 4. The molecule has 13 nitrogen and oxygen atoms in total. The van der Waals surface area contributed by atoms with Crippen LogP contribution in [0, 0.1) is 11.8 Å². The molecule has 176 valence electrons. The minimum atomic E-state index is -1.45. The van der Waals surface area contributed by atoms with E-state index in [0.29, 0.717) is 5.56 Å². The van der Waals surface area contributed by atoms with Crippen LogP contribution in [0.3, 0.4) is 0 Å². The standard InChI is InChI=1S/C21H22N8O5/c1-23-19(32)16-14(30)15(31)21(34-16)29-10-25-13-17(22)26-12(27-18(13)29)4-3-9-28(2)20(33)11-5-7-24-8-6-11/h5-8,10,14-16,21,30-31H,9H2,1-2H3,(H,23,32)(H2,22,26,27)/t14-,15+,16?,21?/m0/s1. The van der Waals surface area contributed by atoms with Gasteiger partial charge in [-0.05, 0) is 18.1 Å². The number of nitrogen functional groups attached to an aromatic ring is 1. The lowest BCUT2D eigenvalue weighted by Gasteiger charge is -2.16. The molecule has 4 atom stereocenters. The van der Waals surface area contributed by atoms with Crippen molar-refractivity contribution in [1.82, 2.24) is 34.7 Å². The molecule has 0 aliphatic carbocycles. The quantitative estimate of drug-likeness (QED) is 0.323. The predicted octanol–water partition coefficient (Wildman–Crippen LogP) is -1.71. The average molecular weight is 466 g/mol. The van der Waals surface area contributed by atoms with Crippen LogP contribution in [0.1, 0.15) is 22.4 Å². The first-order valence-electron chi connectivity index (χ1n) is 10.2. The molecule has 34 heavy (non-hydrogen) atoms. The van der Waals surface area contributed by atoms with E-state index in [2.05, 4.69) is 37.1 Å². The Labute approximate surface area is 193 Å². The van der Waals surface area contributed by atoms with Crippen LogP contribution in [-0.4, -0.2) is 90.4 Å². The molecule has 3 aromatic rings. The van der Waals surface area contributed by atoms with E-state index in [4.69, 9.17) is 10.5 Å². The second-order valence-corrected chi connectivity index (χ2v) is 7.50. The Bertz CT molecular complexity index is 1280. The summed E-state index contributed by atoms with van der Waals surface area (Å²) in [6.45, 7) is 0.103. The van der Waals surface area contributed by atoms with E-state index in [9.17, 15) is 19.8 Å². The molecule has 13 heteroatoms. The minimum Gasteiger partial charge on any atom is -0.387 e. The first-order chi connectivity index (χ1) is 16.3. The number of nitrogens with zero attached hydrogens (tertiary/aromatic N) is 6. The number of anilines is 1. The van der Waals surface area contributed by atoms with Crippen LogP contribution >= 0.6 is 0 Å². The van der Waals surface area contributed by atoms with E-state index in [-0.39, 0.29) is 35.3 Å². The van der Waals surface area contributed by atoms with Crippen molar-refractivity contribution in [2.45, 2.75) is 24.5 Å². The van der Waals surface area contributed by atoms with Gasteiger partial charge in [-0.1, -0.05) is 5.92 Å². The SMILES string of the molecule is CNC(=O)C1OC(n2cnc3c(N)nc(C#CCN(C)C(=O)c4ccncc4)nc32)[C@H](O)[C@@H]1O. The van der Waals surface area contributed by atoms with Crippen LogP contribution in [-0.2, 0) is 9.53 Å². The summed E-state index contributed by atoms with van der Waals surface area (Å²) in [5.41, 5.74) is 6.93. The van der Waals surface area contributed by atoms with Gasteiger partial charge in [-0.25, -0.2) is 15.0 Å². The molecule has 0 radical (unpaired) electrons. The molecule has 1 saturated heterocycles.